The van der Waals surface area contributed by atoms with Crippen molar-refractivity contribution in [3.63, 3.8) is 0 Å². The Labute approximate surface area is 88.5 Å². The average molecular weight is 211 g/mol. The van der Waals surface area contributed by atoms with Gasteiger partial charge >= 0.3 is 0 Å². The second-order valence-corrected chi connectivity index (χ2v) is 3.99. The van der Waals surface area contributed by atoms with E-state index in [4.69, 9.17) is 0 Å². The number of alkyl halides is 2. The molecule has 0 amide bonds. The SMILES string of the molecule is FC(F)Cc1cccc(C2CCCN2)c1. The van der Waals surface area contributed by atoms with Gasteiger partial charge in [-0.05, 0) is 30.5 Å². The van der Waals surface area contributed by atoms with Gasteiger partial charge in [-0.3, -0.25) is 0 Å². The molecule has 0 aromatic heterocycles. The lowest BCUT2D eigenvalue weighted by Crippen LogP contribution is -2.13. The van der Waals surface area contributed by atoms with Crippen molar-refractivity contribution in [2.24, 2.45) is 0 Å². The van der Waals surface area contributed by atoms with Gasteiger partial charge in [0.15, 0.2) is 0 Å². The second-order valence-electron chi connectivity index (χ2n) is 3.99. The van der Waals surface area contributed by atoms with E-state index >= 15 is 0 Å². The van der Waals surface area contributed by atoms with Crippen molar-refractivity contribution < 1.29 is 8.78 Å². The quantitative estimate of drug-likeness (QED) is 0.810. The fourth-order valence-electron chi connectivity index (χ4n) is 2.08. The van der Waals surface area contributed by atoms with E-state index in [1.54, 1.807) is 6.07 Å². The van der Waals surface area contributed by atoms with Gasteiger partial charge in [-0.15, -0.1) is 0 Å². The molecule has 1 N–H and O–H groups in total. The van der Waals surface area contributed by atoms with Crippen molar-refractivity contribution in [1.29, 1.82) is 0 Å². The molecule has 82 valence electrons. The summed E-state index contributed by atoms with van der Waals surface area (Å²) >= 11 is 0. The van der Waals surface area contributed by atoms with Crippen LogP contribution >= 0.6 is 0 Å². The van der Waals surface area contributed by atoms with E-state index in [2.05, 4.69) is 5.32 Å². The minimum Gasteiger partial charge on any atom is -0.310 e. The van der Waals surface area contributed by atoms with E-state index in [1.807, 2.05) is 18.2 Å². The number of benzene rings is 1. The zero-order chi connectivity index (χ0) is 10.7. The molecule has 1 atom stereocenters. The first-order chi connectivity index (χ1) is 7.25. The molecule has 1 unspecified atom stereocenters. The Hall–Kier alpha value is -0.960. The van der Waals surface area contributed by atoms with Crippen molar-refractivity contribution in [3.8, 4) is 0 Å². The maximum Gasteiger partial charge on any atom is 0.242 e. The number of nitrogens with one attached hydrogen (secondary N) is 1. The highest BCUT2D eigenvalue weighted by molar-refractivity contribution is 5.27. The van der Waals surface area contributed by atoms with E-state index in [0.717, 1.165) is 24.1 Å². The zero-order valence-corrected chi connectivity index (χ0v) is 8.55. The maximum atomic E-state index is 12.2. The Balaban J connectivity index is 2.11. The van der Waals surface area contributed by atoms with Crippen LogP contribution in [0.1, 0.15) is 30.0 Å². The highest BCUT2D eigenvalue weighted by Crippen LogP contribution is 2.24. The summed E-state index contributed by atoms with van der Waals surface area (Å²) in [5.41, 5.74) is 1.88. The molecule has 1 nitrogen and oxygen atoms in total. The Morgan fingerprint density at radius 2 is 2.27 bits per heavy atom. The van der Waals surface area contributed by atoms with Crippen molar-refractivity contribution in [3.05, 3.63) is 35.4 Å². The number of hydrogen-bond donors (Lipinski definition) is 1. The highest BCUT2D eigenvalue weighted by Gasteiger charge is 2.16. The van der Waals surface area contributed by atoms with Gasteiger partial charge < -0.3 is 5.32 Å². The summed E-state index contributed by atoms with van der Waals surface area (Å²) in [5.74, 6) is 0. The van der Waals surface area contributed by atoms with Gasteiger partial charge in [0.05, 0.1) is 0 Å². The van der Waals surface area contributed by atoms with Crippen molar-refractivity contribution in [1.82, 2.24) is 5.32 Å². The van der Waals surface area contributed by atoms with E-state index in [1.165, 1.54) is 6.42 Å². The lowest BCUT2D eigenvalue weighted by Gasteiger charge is -2.11. The predicted octanol–water partition coefficient (Wildman–Crippen LogP) is 2.92. The fourth-order valence-corrected chi connectivity index (χ4v) is 2.08. The van der Waals surface area contributed by atoms with Gasteiger partial charge in [-0.1, -0.05) is 24.3 Å². The third kappa shape index (κ3) is 2.75. The number of halogens is 2. The lowest BCUT2D eigenvalue weighted by atomic mass is 10.0. The molecule has 1 aliphatic rings. The Bertz CT molecular complexity index is 319. The molecule has 1 aliphatic heterocycles. The van der Waals surface area contributed by atoms with Crippen LogP contribution in [0.2, 0.25) is 0 Å². The molecule has 15 heavy (non-hydrogen) atoms. The third-order valence-electron chi connectivity index (χ3n) is 2.80. The molecule has 0 spiro atoms. The van der Waals surface area contributed by atoms with Crippen LogP contribution in [0.3, 0.4) is 0 Å². The number of hydrogen-bond acceptors (Lipinski definition) is 1. The average Bonchev–Trinajstić information content (AvgIpc) is 2.69. The van der Waals surface area contributed by atoms with Gasteiger partial charge in [0.1, 0.15) is 0 Å². The monoisotopic (exact) mass is 211 g/mol. The Morgan fingerprint density at radius 3 is 2.93 bits per heavy atom. The summed E-state index contributed by atoms with van der Waals surface area (Å²) in [6, 6.07) is 7.91. The largest absolute Gasteiger partial charge is 0.310 e. The summed E-state index contributed by atoms with van der Waals surface area (Å²) in [6.45, 7) is 1.03. The minimum atomic E-state index is -2.25. The summed E-state index contributed by atoms with van der Waals surface area (Å²) in [4.78, 5) is 0. The molecule has 0 radical (unpaired) electrons. The summed E-state index contributed by atoms with van der Waals surface area (Å²) < 4.78 is 24.4. The Morgan fingerprint density at radius 1 is 1.40 bits per heavy atom. The van der Waals surface area contributed by atoms with E-state index in [9.17, 15) is 8.78 Å². The van der Waals surface area contributed by atoms with Crippen LogP contribution in [0, 0.1) is 0 Å². The van der Waals surface area contributed by atoms with Crippen LogP contribution in [-0.4, -0.2) is 13.0 Å². The molecular weight excluding hydrogens is 196 g/mol. The lowest BCUT2D eigenvalue weighted by molar-refractivity contribution is 0.149. The van der Waals surface area contributed by atoms with Gasteiger partial charge in [-0.2, -0.15) is 0 Å². The topological polar surface area (TPSA) is 12.0 Å². The van der Waals surface area contributed by atoms with Gasteiger partial charge in [-0.25, -0.2) is 8.78 Å². The standard InChI is InChI=1S/C12H15F2N/c13-12(14)8-9-3-1-4-10(7-9)11-5-2-6-15-11/h1,3-4,7,11-12,15H,2,5-6,8H2. The smallest absolute Gasteiger partial charge is 0.242 e. The fraction of sp³-hybridized carbons (Fsp3) is 0.500. The van der Waals surface area contributed by atoms with E-state index in [0.29, 0.717) is 6.04 Å². The van der Waals surface area contributed by atoms with Crippen LogP contribution in [0.5, 0.6) is 0 Å². The van der Waals surface area contributed by atoms with Crippen LogP contribution in [0.15, 0.2) is 24.3 Å². The number of rotatable bonds is 3. The van der Waals surface area contributed by atoms with Crippen LogP contribution in [0.4, 0.5) is 8.78 Å². The normalized spacial score (nSPS) is 21.1. The second kappa shape index (κ2) is 4.71. The molecule has 1 aromatic rings. The molecule has 0 bridgehead atoms. The summed E-state index contributed by atoms with van der Waals surface area (Å²) in [7, 11) is 0. The maximum absolute atomic E-state index is 12.2. The molecule has 3 heteroatoms. The first-order valence-electron chi connectivity index (χ1n) is 5.36. The highest BCUT2D eigenvalue weighted by atomic mass is 19.3. The zero-order valence-electron chi connectivity index (χ0n) is 8.55. The molecule has 1 heterocycles. The van der Waals surface area contributed by atoms with E-state index < -0.39 is 6.43 Å². The van der Waals surface area contributed by atoms with Gasteiger partial charge in [0.25, 0.3) is 0 Å². The van der Waals surface area contributed by atoms with Crippen LogP contribution in [0.25, 0.3) is 0 Å². The molecule has 0 aliphatic carbocycles. The first kappa shape index (κ1) is 10.6. The van der Waals surface area contributed by atoms with Crippen molar-refractivity contribution in [2.75, 3.05) is 6.54 Å². The van der Waals surface area contributed by atoms with Crippen LogP contribution in [-0.2, 0) is 6.42 Å². The van der Waals surface area contributed by atoms with Gasteiger partial charge in [0, 0.05) is 12.5 Å². The molecule has 1 saturated heterocycles. The third-order valence-corrected chi connectivity index (χ3v) is 2.80. The predicted molar refractivity (Wildman–Crippen MR) is 56.1 cm³/mol. The molecule has 1 aromatic carbocycles. The van der Waals surface area contributed by atoms with Crippen molar-refractivity contribution in [2.45, 2.75) is 31.7 Å². The van der Waals surface area contributed by atoms with Crippen molar-refractivity contribution >= 4 is 0 Å². The van der Waals surface area contributed by atoms with Gasteiger partial charge in [0.2, 0.25) is 6.43 Å². The molecule has 2 rings (SSSR count). The van der Waals surface area contributed by atoms with E-state index in [-0.39, 0.29) is 6.42 Å². The van der Waals surface area contributed by atoms with Crippen LogP contribution < -0.4 is 5.32 Å². The summed E-state index contributed by atoms with van der Waals surface area (Å²) in [5, 5.41) is 3.37. The minimum absolute atomic E-state index is 0.138. The molecular formula is C12H15F2N. The molecule has 1 fully saturated rings. The summed E-state index contributed by atoms with van der Waals surface area (Å²) in [6.07, 6.45) is -0.112. The Kier molecular flexibility index (Phi) is 3.31. The molecule has 0 saturated carbocycles. The first-order valence-corrected chi connectivity index (χ1v) is 5.36.